The molecule has 0 spiro atoms. The van der Waals surface area contributed by atoms with Crippen LogP contribution in [0, 0.1) is 5.92 Å². The van der Waals surface area contributed by atoms with E-state index in [1.807, 2.05) is 0 Å². The maximum absolute atomic E-state index is 9.20. The minimum absolute atomic E-state index is 0.133. The molecule has 104 valence electrons. The van der Waals surface area contributed by atoms with Crippen LogP contribution in [0.1, 0.15) is 6.23 Å². The van der Waals surface area contributed by atoms with Gasteiger partial charge in [-0.3, -0.25) is 4.57 Å². The zero-order valence-electron chi connectivity index (χ0n) is 10.4. The lowest BCUT2D eigenvalue weighted by Crippen LogP contribution is -2.49. The van der Waals surface area contributed by atoms with Gasteiger partial charge in [0.2, 0.25) is 0 Å². The average molecular weight is 276 g/mol. The van der Waals surface area contributed by atoms with E-state index in [1.165, 1.54) is 6.33 Å². The van der Waals surface area contributed by atoms with Gasteiger partial charge in [-0.1, -0.05) is 5.11 Å². The van der Waals surface area contributed by atoms with Crippen LogP contribution in [0.5, 0.6) is 0 Å². The summed E-state index contributed by atoms with van der Waals surface area (Å²) in [6.07, 6.45) is 2.15. The van der Waals surface area contributed by atoms with E-state index >= 15 is 0 Å². The fourth-order valence-corrected chi connectivity index (χ4v) is 2.32. The number of hydrogen-bond acceptors (Lipinski definition) is 7. The average Bonchev–Trinajstić information content (AvgIpc) is 2.84. The fourth-order valence-electron chi connectivity index (χ4n) is 2.32. The molecule has 0 unspecified atom stereocenters. The van der Waals surface area contributed by atoms with Crippen LogP contribution in [-0.2, 0) is 4.74 Å². The van der Waals surface area contributed by atoms with Crippen LogP contribution in [0.2, 0.25) is 0 Å². The lowest BCUT2D eigenvalue weighted by molar-refractivity contribution is -0.230. The third kappa shape index (κ3) is 1.83. The molecule has 10 heteroatoms. The van der Waals surface area contributed by atoms with Crippen molar-refractivity contribution in [2.45, 2.75) is 12.3 Å². The highest BCUT2D eigenvalue weighted by Crippen LogP contribution is 2.38. The van der Waals surface area contributed by atoms with Crippen LogP contribution < -0.4 is 5.73 Å². The number of fused-ring (bicyclic) bond motifs is 1. The summed E-state index contributed by atoms with van der Waals surface area (Å²) >= 11 is 0. The number of nitrogen functional groups attached to an aromatic ring is 1. The molecule has 3 N–H and O–H groups in total. The number of aliphatic hydroxyl groups is 1. The summed E-state index contributed by atoms with van der Waals surface area (Å²) < 4.78 is 7.28. The molecule has 10 nitrogen and oxygen atoms in total. The summed E-state index contributed by atoms with van der Waals surface area (Å²) in [5, 5.41) is 12.7. The molecule has 20 heavy (non-hydrogen) atoms. The molecule has 2 aromatic rings. The van der Waals surface area contributed by atoms with Crippen molar-refractivity contribution in [2.75, 3.05) is 18.9 Å². The maximum Gasteiger partial charge on any atom is 0.167 e. The molecule has 0 amide bonds. The van der Waals surface area contributed by atoms with Gasteiger partial charge in [0.1, 0.15) is 18.1 Å². The van der Waals surface area contributed by atoms with Gasteiger partial charge in [0.15, 0.2) is 11.5 Å². The lowest BCUT2D eigenvalue weighted by atomic mass is 9.94. The van der Waals surface area contributed by atoms with Gasteiger partial charge in [0.25, 0.3) is 0 Å². The third-order valence-corrected chi connectivity index (χ3v) is 3.35. The van der Waals surface area contributed by atoms with Gasteiger partial charge < -0.3 is 15.6 Å². The van der Waals surface area contributed by atoms with Gasteiger partial charge in [0.05, 0.1) is 19.0 Å². The van der Waals surface area contributed by atoms with E-state index in [4.69, 9.17) is 16.0 Å². The number of nitrogens with two attached hydrogens (primary N) is 1. The number of ether oxygens (including phenoxy) is 1. The molecule has 3 heterocycles. The van der Waals surface area contributed by atoms with E-state index in [0.29, 0.717) is 17.0 Å². The molecule has 0 aliphatic carbocycles. The first kappa shape index (κ1) is 12.6. The third-order valence-electron chi connectivity index (χ3n) is 3.35. The quantitative estimate of drug-likeness (QED) is 0.463. The highest BCUT2D eigenvalue weighted by atomic mass is 16.5. The molecule has 1 aliphatic rings. The molecule has 3 atom stereocenters. The highest BCUT2D eigenvalue weighted by Gasteiger charge is 2.43. The topological polar surface area (TPSA) is 148 Å². The Bertz CT molecular complexity index is 679. The first-order valence-corrected chi connectivity index (χ1v) is 5.96. The Hall–Kier alpha value is -2.42. The maximum atomic E-state index is 9.20. The van der Waals surface area contributed by atoms with E-state index in [-0.39, 0.29) is 25.2 Å². The van der Waals surface area contributed by atoms with Crippen LogP contribution in [0.3, 0.4) is 0 Å². The van der Waals surface area contributed by atoms with Gasteiger partial charge >= 0.3 is 0 Å². The first-order valence-electron chi connectivity index (χ1n) is 5.96. The zero-order valence-corrected chi connectivity index (χ0v) is 10.4. The van der Waals surface area contributed by atoms with Crippen molar-refractivity contribution >= 4 is 17.0 Å². The standard InChI is InChI=1S/C10H12N8O2/c11-8-7-9(14-3-13-8)18(4-15-7)10-5(1-16-17-12)6(2-19)20-10/h3-6,10,19H,1-2H2,(H2,11,13,14)/t5-,6-,10-/m1/s1. The van der Waals surface area contributed by atoms with Gasteiger partial charge in [-0.15, -0.1) is 0 Å². The van der Waals surface area contributed by atoms with Crippen molar-refractivity contribution < 1.29 is 9.84 Å². The molecule has 1 saturated heterocycles. The molecule has 0 bridgehead atoms. The minimum atomic E-state index is -0.392. The molecule has 2 aromatic heterocycles. The summed E-state index contributed by atoms with van der Waals surface area (Å²) in [4.78, 5) is 14.9. The van der Waals surface area contributed by atoms with Crippen molar-refractivity contribution in [2.24, 2.45) is 11.0 Å². The van der Waals surface area contributed by atoms with Crippen LogP contribution in [0.25, 0.3) is 21.6 Å². The second-order valence-electron chi connectivity index (χ2n) is 4.41. The van der Waals surface area contributed by atoms with E-state index < -0.39 is 6.23 Å². The number of rotatable bonds is 4. The smallest absolute Gasteiger partial charge is 0.167 e. The van der Waals surface area contributed by atoms with E-state index in [9.17, 15) is 5.11 Å². The number of nitrogens with zero attached hydrogens (tertiary/aromatic N) is 7. The molecule has 1 fully saturated rings. The van der Waals surface area contributed by atoms with Crippen LogP contribution in [-0.4, -0.2) is 43.9 Å². The number of aromatic nitrogens is 4. The van der Waals surface area contributed by atoms with Crippen LogP contribution in [0.4, 0.5) is 5.82 Å². The largest absolute Gasteiger partial charge is 0.394 e. The Morgan fingerprint density at radius 3 is 3.10 bits per heavy atom. The van der Waals surface area contributed by atoms with Gasteiger partial charge in [0, 0.05) is 17.4 Å². The van der Waals surface area contributed by atoms with Crippen molar-refractivity contribution in [3.8, 4) is 0 Å². The highest BCUT2D eigenvalue weighted by molar-refractivity contribution is 5.81. The molecule has 0 radical (unpaired) electrons. The fraction of sp³-hybridized carbons (Fsp3) is 0.500. The SMILES string of the molecule is [N-]=[N+]=NC[C@H]1[C@H](n2cnc3c(N)ncnc32)O[C@@H]1CO. The summed E-state index contributed by atoms with van der Waals surface area (Å²) in [6.45, 7) is 0.0957. The van der Waals surface area contributed by atoms with Gasteiger partial charge in [-0.2, -0.15) is 0 Å². The zero-order chi connectivity index (χ0) is 14.1. The molecular formula is C10H12N8O2. The van der Waals surface area contributed by atoms with E-state index in [1.54, 1.807) is 10.9 Å². The Morgan fingerprint density at radius 2 is 2.35 bits per heavy atom. The molecular weight excluding hydrogens is 264 g/mol. The number of imidazole rings is 1. The molecule has 0 aromatic carbocycles. The van der Waals surface area contributed by atoms with Crippen molar-refractivity contribution in [3.05, 3.63) is 23.1 Å². The Morgan fingerprint density at radius 1 is 1.50 bits per heavy atom. The van der Waals surface area contributed by atoms with Crippen LogP contribution in [0.15, 0.2) is 17.8 Å². The summed E-state index contributed by atoms with van der Waals surface area (Å²) in [7, 11) is 0. The van der Waals surface area contributed by atoms with E-state index in [2.05, 4.69) is 25.0 Å². The van der Waals surface area contributed by atoms with Crippen molar-refractivity contribution in [3.63, 3.8) is 0 Å². The molecule has 3 rings (SSSR count). The monoisotopic (exact) mass is 276 g/mol. The Kier molecular flexibility index (Phi) is 3.11. The number of azide groups is 1. The minimum Gasteiger partial charge on any atom is -0.394 e. The number of aliphatic hydroxyl groups excluding tert-OH is 1. The Labute approximate surface area is 112 Å². The molecule has 0 saturated carbocycles. The predicted octanol–water partition coefficient (Wildman–Crippen LogP) is 0.225. The van der Waals surface area contributed by atoms with E-state index in [0.717, 1.165) is 0 Å². The number of hydrogen-bond donors (Lipinski definition) is 2. The predicted molar refractivity (Wildman–Crippen MR) is 68.2 cm³/mol. The number of anilines is 1. The Balaban J connectivity index is 1.94. The van der Waals surface area contributed by atoms with Gasteiger partial charge in [-0.25, -0.2) is 15.0 Å². The van der Waals surface area contributed by atoms with Gasteiger partial charge in [-0.05, 0) is 5.53 Å². The van der Waals surface area contributed by atoms with Crippen LogP contribution >= 0.6 is 0 Å². The lowest BCUT2D eigenvalue weighted by Gasteiger charge is -2.43. The summed E-state index contributed by atoms with van der Waals surface area (Å²) in [5.41, 5.74) is 15.2. The summed E-state index contributed by atoms with van der Waals surface area (Å²) in [5.74, 6) is 0.155. The van der Waals surface area contributed by atoms with Crippen molar-refractivity contribution in [1.82, 2.24) is 19.5 Å². The van der Waals surface area contributed by atoms with Crippen molar-refractivity contribution in [1.29, 1.82) is 0 Å². The normalized spacial score (nSPS) is 25.1. The first-order chi connectivity index (χ1) is 9.76. The second-order valence-corrected chi connectivity index (χ2v) is 4.41. The second kappa shape index (κ2) is 4.93. The molecule has 1 aliphatic heterocycles. The summed E-state index contributed by atoms with van der Waals surface area (Å²) in [6, 6.07) is 0.